The molecule has 0 fully saturated rings. The van der Waals surface area contributed by atoms with Gasteiger partial charge in [-0.25, -0.2) is 0 Å². The molecule has 0 spiro atoms. The molecule has 19 heavy (non-hydrogen) atoms. The summed E-state index contributed by atoms with van der Waals surface area (Å²) in [6.45, 7) is 0.507. The van der Waals surface area contributed by atoms with Gasteiger partial charge in [0.25, 0.3) is 5.91 Å². The number of aryl methyl sites for hydroxylation is 1. The highest BCUT2D eigenvalue weighted by Gasteiger charge is 2.17. The van der Waals surface area contributed by atoms with Crippen LogP contribution in [0.3, 0.4) is 0 Å². The highest BCUT2D eigenvalue weighted by molar-refractivity contribution is 5.96. The van der Waals surface area contributed by atoms with E-state index in [0.717, 1.165) is 5.69 Å². The van der Waals surface area contributed by atoms with Crippen molar-refractivity contribution in [3.05, 3.63) is 47.8 Å². The van der Waals surface area contributed by atoms with Crippen LogP contribution in [-0.2, 0) is 13.6 Å². The van der Waals surface area contributed by atoms with Crippen LogP contribution in [0.5, 0.6) is 5.75 Å². The van der Waals surface area contributed by atoms with E-state index in [0.29, 0.717) is 17.9 Å². The fraction of sp³-hybridized carbons (Fsp3) is 0.286. The van der Waals surface area contributed by atoms with Crippen LogP contribution in [-0.4, -0.2) is 34.7 Å². The highest BCUT2D eigenvalue weighted by atomic mass is 16.5. The molecule has 0 atom stereocenters. The second-order valence-corrected chi connectivity index (χ2v) is 4.31. The summed E-state index contributed by atoms with van der Waals surface area (Å²) >= 11 is 0. The lowest BCUT2D eigenvalue weighted by molar-refractivity contribution is 0.0778. The largest absolute Gasteiger partial charge is 0.496 e. The van der Waals surface area contributed by atoms with E-state index in [1.54, 1.807) is 42.1 Å². The van der Waals surface area contributed by atoms with Crippen molar-refractivity contribution in [3.8, 4) is 5.75 Å². The molecule has 5 nitrogen and oxygen atoms in total. The van der Waals surface area contributed by atoms with Gasteiger partial charge in [-0.05, 0) is 18.2 Å². The second-order valence-electron chi connectivity index (χ2n) is 4.31. The number of benzene rings is 1. The molecule has 0 unspecified atom stereocenters. The molecule has 1 aromatic heterocycles. The zero-order valence-electron chi connectivity index (χ0n) is 11.3. The highest BCUT2D eigenvalue weighted by Crippen LogP contribution is 2.19. The molecule has 0 aliphatic rings. The van der Waals surface area contributed by atoms with Crippen LogP contribution in [0.2, 0.25) is 0 Å². The standard InChI is InChI=1S/C14H17N3O2/c1-16(10-11-8-9-15-17(11)2)14(18)12-6-4-5-7-13(12)19-3/h4-9H,10H2,1-3H3. The van der Waals surface area contributed by atoms with Crippen LogP contribution in [0.4, 0.5) is 0 Å². The molecule has 0 radical (unpaired) electrons. The van der Waals surface area contributed by atoms with Crippen LogP contribution >= 0.6 is 0 Å². The lowest BCUT2D eigenvalue weighted by Gasteiger charge is -2.18. The van der Waals surface area contributed by atoms with Gasteiger partial charge in [-0.3, -0.25) is 9.48 Å². The molecule has 0 aliphatic heterocycles. The summed E-state index contributed by atoms with van der Waals surface area (Å²) in [6, 6.07) is 9.11. The van der Waals surface area contributed by atoms with Crippen LogP contribution in [0.15, 0.2) is 36.5 Å². The maximum Gasteiger partial charge on any atom is 0.257 e. The molecule has 2 aromatic rings. The van der Waals surface area contributed by atoms with Gasteiger partial charge in [0.05, 0.1) is 24.9 Å². The maximum atomic E-state index is 12.4. The molecular formula is C14H17N3O2. The van der Waals surface area contributed by atoms with E-state index in [-0.39, 0.29) is 5.91 Å². The Labute approximate surface area is 112 Å². The first-order valence-electron chi connectivity index (χ1n) is 5.99. The molecule has 2 rings (SSSR count). The van der Waals surface area contributed by atoms with E-state index >= 15 is 0 Å². The third kappa shape index (κ3) is 2.76. The van der Waals surface area contributed by atoms with Crippen molar-refractivity contribution >= 4 is 5.91 Å². The number of carbonyl (C=O) groups excluding carboxylic acids is 1. The van der Waals surface area contributed by atoms with Crippen molar-refractivity contribution in [2.45, 2.75) is 6.54 Å². The molecule has 0 bridgehead atoms. The summed E-state index contributed by atoms with van der Waals surface area (Å²) in [5.41, 5.74) is 1.54. The van der Waals surface area contributed by atoms with Gasteiger partial charge in [0, 0.05) is 20.3 Å². The number of aromatic nitrogens is 2. The number of hydrogen-bond donors (Lipinski definition) is 0. The van der Waals surface area contributed by atoms with Crippen LogP contribution in [0.25, 0.3) is 0 Å². The van der Waals surface area contributed by atoms with E-state index in [9.17, 15) is 4.79 Å². The molecule has 0 N–H and O–H groups in total. The number of nitrogens with zero attached hydrogens (tertiary/aromatic N) is 3. The minimum absolute atomic E-state index is 0.0707. The van der Waals surface area contributed by atoms with Crippen LogP contribution < -0.4 is 4.74 Å². The first-order chi connectivity index (χ1) is 9.13. The lowest BCUT2D eigenvalue weighted by Crippen LogP contribution is -2.27. The Balaban J connectivity index is 2.17. The van der Waals surface area contributed by atoms with Gasteiger partial charge >= 0.3 is 0 Å². The van der Waals surface area contributed by atoms with Crippen LogP contribution in [0.1, 0.15) is 16.1 Å². The minimum Gasteiger partial charge on any atom is -0.496 e. The van der Waals surface area contributed by atoms with Gasteiger partial charge in [0.2, 0.25) is 0 Å². The van der Waals surface area contributed by atoms with Crippen molar-refractivity contribution in [2.75, 3.05) is 14.2 Å². The van der Waals surface area contributed by atoms with E-state index in [1.807, 2.05) is 25.2 Å². The molecule has 1 aromatic carbocycles. The van der Waals surface area contributed by atoms with Gasteiger partial charge < -0.3 is 9.64 Å². The summed E-state index contributed by atoms with van der Waals surface area (Å²) in [4.78, 5) is 14.0. The number of amides is 1. The van der Waals surface area contributed by atoms with E-state index in [1.165, 1.54) is 0 Å². The molecule has 0 aliphatic carbocycles. The zero-order chi connectivity index (χ0) is 13.8. The molecule has 1 amide bonds. The number of rotatable bonds is 4. The normalized spacial score (nSPS) is 10.3. The fourth-order valence-electron chi connectivity index (χ4n) is 1.90. The number of hydrogen-bond acceptors (Lipinski definition) is 3. The number of ether oxygens (including phenoxy) is 1. The molecule has 5 heteroatoms. The van der Waals surface area contributed by atoms with Crippen molar-refractivity contribution in [3.63, 3.8) is 0 Å². The van der Waals surface area contributed by atoms with Crippen molar-refractivity contribution in [2.24, 2.45) is 7.05 Å². The quantitative estimate of drug-likeness (QED) is 0.839. The van der Waals surface area contributed by atoms with Gasteiger partial charge in [-0.1, -0.05) is 12.1 Å². The summed E-state index contributed by atoms with van der Waals surface area (Å²) in [7, 11) is 5.19. The SMILES string of the molecule is COc1ccccc1C(=O)N(C)Cc1ccnn1C. The number of carbonyl (C=O) groups is 1. The van der Waals surface area contributed by atoms with E-state index < -0.39 is 0 Å². The molecule has 1 heterocycles. The monoisotopic (exact) mass is 259 g/mol. The summed E-state index contributed by atoms with van der Waals surface area (Å²) < 4.78 is 6.97. The number of para-hydroxylation sites is 1. The first-order valence-corrected chi connectivity index (χ1v) is 5.99. The van der Waals surface area contributed by atoms with Crippen molar-refractivity contribution in [1.29, 1.82) is 0 Å². The average molecular weight is 259 g/mol. The second kappa shape index (κ2) is 5.56. The minimum atomic E-state index is -0.0707. The van der Waals surface area contributed by atoms with Gasteiger partial charge in [0.1, 0.15) is 5.75 Å². The summed E-state index contributed by atoms with van der Waals surface area (Å²) in [5.74, 6) is 0.517. The fourth-order valence-corrected chi connectivity index (χ4v) is 1.90. The predicted octanol–water partition coefficient (Wildman–Crippen LogP) is 1.70. The summed E-state index contributed by atoms with van der Waals surface area (Å²) in [5, 5.41) is 4.09. The Hall–Kier alpha value is -2.30. The Bertz CT molecular complexity index is 578. The summed E-state index contributed by atoms with van der Waals surface area (Å²) in [6.07, 6.45) is 1.72. The topological polar surface area (TPSA) is 47.4 Å². The molecule has 100 valence electrons. The van der Waals surface area contributed by atoms with E-state index in [4.69, 9.17) is 4.74 Å². The zero-order valence-corrected chi connectivity index (χ0v) is 11.3. The lowest BCUT2D eigenvalue weighted by atomic mass is 10.1. The molecule has 0 saturated carbocycles. The van der Waals surface area contributed by atoms with Gasteiger partial charge in [0.15, 0.2) is 0 Å². The molecular weight excluding hydrogens is 242 g/mol. The van der Waals surface area contributed by atoms with Crippen LogP contribution in [0, 0.1) is 0 Å². The van der Waals surface area contributed by atoms with Crippen molar-refractivity contribution in [1.82, 2.24) is 14.7 Å². The Kier molecular flexibility index (Phi) is 3.85. The van der Waals surface area contributed by atoms with E-state index in [2.05, 4.69) is 5.10 Å². The Morgan fingerprint density at radius 1 is 1.37 bits per heavy atom. The Morgan fingerprint density at radius 2 is 2.11 bits per heavy atom. The third-order valence-corrected chi connectivity index (χ3v) is 3.01. The first kappa shape index (κ1) is 13.1. The number of methoxy groups -OCH3 is 1. The smallest absolute Gasteiger partial charge is 0.257 e. The molecule has 0 saturated heterocycles. The third-order valence-electron chi connectivity index (χ3n) is 3.01. The van der Waals surface area contributed by atoms with Crippen molar-refractivity contribution < 1.29 is 9.53 Å². The maximum absolute atomic E-state index is 12.4. The van der Waals surface area contributed by atoms with Gasteiger partial charge in [-0.2, -0.15) is 5.10 Å². The predicted molar refractivity (Wildman–Crippen MR) is 72.0 cm³/mol. The van der Waals surface area contributed by atoms with Gasteiger partial charge in [-0.15, -0.1) is 0 Å². The Morgan fingerprint density at radius 3 is 2.74 bits per heavy atom. The average Bonchev–Trinajstić information content (AvgIpc) is 2.83.